The van der Waals surface area contributed by atoms with Crippen molar-refractivity contribution >= 4 is 28.8 Å². The second kappa shape index (κ2) is 7.04. The minimum atomic E-state index is -0.319. The lowest BCUT2D eigenvalue weighted by atomic mass is 10.1. The molecule has 0 N–H and O–H groups in total. The summed E-state index contributed by atoms with van der Waals surface area (Å²) in [5.74, 6) is 0. The number of rotatable bonds is 6. The van der Waals surface area contributed by atoms with Gasteiger partial charge in [-0.1, -0.05) is 50.1 Å². The van der Waals surface area contributed by atoms with Crippen LogP contribution in [0.25, 0.3) is 0 Å². The fourth-order valence-corrected chi connectivity index (χ4v) is 3.94. The predicted molar refractivity (Wildman–Crippen MR) is 94.8 cm³/mol. The number of fused-ring (bicyclic) bond motifs is 2. The zero-order valence-corrected chi connectivity index (χ0v) is 14.0. The highest BCUT2D eigenvalue weighted by Gasteiger charge is 2.24. The van der Waals surface area contributed by atoms with Crippen LogP contribution in [0, 0.1) is 10.1 Å². The quantitative estimate of drug-likeness (QED) is 0.383. The largest absolute Gasteiger partial charge is 0.339 e. The van der Waals surface area contributed by atoms with Gasteiger partial charge in [-0.25, -0.2) is 0 Å². The molecule has 0 atom stereocenters. The van der Waals surface area contributed by atoms with Crippen LogP contribution in [-0.2, 0) is 0 Å². The topological polar surface area (TPSA) is 46.4 Å². The molecule has 0 saturated heterocycles. The van der Waals surface area contributed by atoms with Crippen LogP contribution in [-0.4, -0.2) is 11.5 Å². The molecule has 23 heavy (non-hydrogen) atoms. The summed E-state index contributed by atoms with van der Waals surface area (Å²) in [6.07, 6.45) is 4.71. The van der Waals surface area contributed by atoms with E-state index < -0.39 is 0 Å². The number of para-hydroxylation sites is 1. The number of nitro groups is 1. The molecular weight excluding hydrogens is 308 g/mol. The van der Waals surface area contributed by atoms with Gasteiger partial charge in [0.25, 0.3) is 5.69 Å². The molecule has 3 rings (SSSR count). The normalized spacial score (nSPS) is 12.7. The molecule has 1 aliphatic rings. The Hall–Kier alpha value is -2.01. The zero-order chi connectivity index (χ0) is 16.2. The second-order valence-electron chi connectivity index (χ2n) is 5.69. The van der Waals surface area contributed by atoms with E-state index in [0.717, 1.165) is 29.2 Å². The molecule has 0 fully saturated rings. The fraction of sp³-hybridized carbons (Fsp3) is 0.333. The maximum Gasteiger partial charge on any atom is 0.271 e. The number of anilines is 2. The highest BCUT2D eigenvalue weighted by atomic mass is 32.2. The smallest absolute Gasteiger partial charge is 0.271 e. The molecule has 2 aromatic rings. The summed E-state index contributed by atoms with van der Waals surface area (Å²) in [5.41, 5.74) is 2.27. The number of non-ortho nitro benzene ring substituents is 1. The summed E-state index contributed by atoms with van der Waals surface area (Å²) < 4.78 is 0. The highest BCUT2D eigenvalue weighted by Crippen LogP contribution is 2.49. The van der Waals surface area contributed by atoms with E-state index in [0.29, 0.717) is 0 Å². The maximum atomic E-state index is 11.1. The third-order valence-corrected chi connectivity index (χ3v) is 5.19. The molecule has 0 radical (unpaired) electrons. The first-order valence-electron chi connectivity index (χ1n) is 8.03. The van der Waals surface area contributed by atoms with E-state index in [-0.39, 0.29) is 10.6 Å². The van der Waals surface area contributed by atoms with Crippen molar-refractivity contribution in [3.05, 3.63) is 52.6 Å². The standard InChI is InChI=1S/C18H20N2O2S/c1-2-3-4-7-12-19-15-8-5-6-9-17(15)23-18-11-10-14(20(21)22)13-16(18)19/h5-6,8-11,13H,2-4,7,12H2,1H3. The van der Waals surface area contributed by atoms with E-state index in [9.17, 15) is 10.1 Å². The third-order valence-electron chi connectivity index (χ3n) is 4.06. The van der Waals surface area contributed by atoms with Gasteiger partial charge in [0, 0.05) is 28.5 Å². The number of nitro benzene ring substituents is 1. The van der Waals surface area contributed by atoms with Gasteiger partial charge < -0.3 is 4.90 Å². The van der Waals surface area contributed by atoms with E-state index in [2.05, 4.69) is 24.0 Å². The molecule has 0 aliphatic carbocycles. The lowest BCUT2D eigenvalue weighted by Gasteiger charge is -2.32. The number of hydrogen-bond donors (Lipinski definition) is 0. The molecule has 0 unspecified atom stereocenters. The fourth-order valence-electron chi connectivity index (χ4n) is 2.87. The van der Waals surface area contributed by atoms with Crippen LogP contribution in [0.15, 0.2) is 52.3 Å². The monoisotopic (exact) mass is 328 g/mol. The molecule has 1 aliphatic heterocycles. The van der Waals surface area contributed by atoms with Gasteiger partial charge in [0.2, 0.25) is 0 Å². The first kappa shape index (κ1) is 15.9. The molecule has 4 nitrogen and oxygen atoms in total. The van der Waals surface area contributed by atoms with Crippen molar-refractivity contribution in [1.29, 1.82) is 0 Å². The first-order valence-corrected chi connectivity index (χ1v) is 8.85. The minimum Gasteiger partial charge on any atom is -0.339 e. The van der Waals surface area contributed by atoms with Gasteiger partial charge in [0.15, 0.2) is 0 Å². The molecule has 0 amide bonds. The second-order valence-corrected chi connectivity index (χ2v) is 6.77. The Morgan fingerprint density at radius 2 is 1.83 bits per heavy atom. The Morgan fingerprint density at radius 3 is 2.61 bits per heavy atom. The average molecular weight is 328 g/mol. The van der Waals surface area contributed by atoms with Gasteiger partial charge >= 0.3 is 0 Å². The summed E-state index contributed by atoms with van der Waals surface area (Å²) in [6, 6.07) is 13.5. The molecule has 0 spiro atoms. The Labute approximate surface area is 140 Å². The number of hydrogen-bond acceptors (Lipinski definition) is 4. The Kier molecular flexibility index (Phi) is 4.86. The van der Waals surface area contributed by atoms with Gasteiger partial charge in [-0.3, -0.25) is 10.1 Å². The van der Waals surface area contributed by atoms with E-state index in [1.807, 2.05) is 18.2 Å². The summed E-state index contributed by atoms with van der Waals surface area (Å²) in [6.45, 7) is 3.09. The van der Waals surface area contributed by atoms with Crippen LogP contribution in [0.3, 0.4) is 0 Å². The predicted octanol–water partition coefficient (Wildman–Crippen LogP) is 5.78. The third kappa shape index (κ3) is 3.34. The van der Waals surface area contributed by atoms with Crippen LogP contribution in [0.1, 0.15) is 32.6 Å². The minimum absolute atomic E-state index is 0.155. The average Bonchev–Trinajstić information content (AvgIpc) is 2.57. The lowest BCUT2D eigenvalue weighted by molar-refractivity contribution is -0.384. The van der Waals surface area contributed by atoms with Crippen LogP contribution in [0.4, 0.5) is 17.1 Å². The van der Waals surface area contributed by atoms with Crippen LogP contribution < -0.4 is 4.90 Å². The summed E-state index contributed by atoms with van der Waals surface area (Å²) in [7, 11) is 0. The lowest BCUT2D eigenvalue weighted by Crippen LogP contribution is -2.22. The molecule has 2 aromatic carbocycles. The summed E-state index contributed by atoms with van der Waals surface area (Å²) in [4.78, 5) is 15.3. The molecule has 0 saturated carbocycles. The van der Waals surface area contributed by atoms with Gasteiger partial charge in [0.05, 0.1) is 16.3 Å². The van der Waals surface area contributed by atoms with Crippen LogP contribution >= 0.6 is 11.8 Å². The van der Waals surface area contributed by atoms with Crippen LogP contribution in [0.5, 0.6) is 0 Å². The number of unbranched alkanes of at least 4 members (excludes halogenated alkanes) is 3. The van der Waals surface area contributed by atoms with Gasteiger partial charge in [-0.2, -0.15) is 0 Å². The molecule has 1 heterocycles. The van der Waals surface area contributed by atoms with Crippen LogP contribution in [0.2, 0.25) is 0 Å². The van der Waals surface area contributed by atoms with E-state index in [4.69, 9.17) is 0 Å². The van der Waals surface area contributed by atoms with Crippen molar-refractivity contribution < 1.29 is 4.92 Å². The molecule has 120 valence electrons. The Balaban J connectivity index is 1.95. The molecule has 0 bridgehead atoms. The van der Waals surface area contributed by atoms with Crippen molar-refractivity contribution in [2.24, 2.45) is 0 Å². The van der Waals surface area contributed by atoms with E-state index >= 15 is 0 Å². The number of benzene rings is 2. The van der Waals surface area contributed by atoms with Gasteiger partial charge in [0.1, 0.15) is 0 Å². The highest BCUT2D eigenvalue weighted by molar-refractivity contribution is 7.99. The van der Waals surface area contributed by atoms with E-state index in [1.165, 1.54) is 24.2 Å². The number of nitrogens with zero attached hydrogens (tertiary/aromatic N) is 2. The Morgan fingerprint density at radius 1 is 1.04 bits per heavy atom. The maximum absolute atomic E-state index is 11.1. The zero-order valence-electron chi connectivity index (χ0n) is 13.2. The molecule has 0 aromatic heterocycles. The van der Waals surface area contributed by atoms with Crippen molar-refractivity contribution in [2.45, 2.75) is 42.4 Å². The molecule has 5 heteroatoms. The Bertz CT molecular complexity index is 718. The van der Waals surface area contributed by atoms with Crippen molar-refractivity contribution in [2.75, 3.05) is 11.4 Å². The van der Waals surface area contributed by atoms with E-state index in [1.54, 1.807) is 23.9 Å². The summed E-state index contributed by atoms with van der Waals surface area (Å²) in [5, 5.41) is 11.1. The van der Waals surface area contributed by atoms with Crippen molar-refractivity contribution in [3.63, 3.8) is 0 Å². The first-order chi connectivity index (χ1) is 11.2. The summed E-state index contributed by atoms with van der Waals surface area (Å²) >= 11 is 1.69. The van der Waals surface area contributed by atoms with Gasteiger partial charge in [-0.05, 0) is 24.6 Å². The molecular formula is C18H20N2O2S. The SMILES string of the molecule is CCCCCCN1c2ccccc2Sc2ccc([N+](=O)[O-])cc21. The van der Waals surface area contributed by atoms with Crippen molar-refractivity contribution in [3.8, 4) is 0 Å². The van der Waals surface area contributed by atoms with Crippen molar-refractivity contribution in [1.82, 2.24) is 0 Å². The van der Waals surface area contributed by atoms with Gasteiger partial charge in [-0.15, -0.1) is 0 Å².